The van der Waals surface area contributed by atoms with Crippen molar-refractivity contribution in [2.24, 2.45) is 0 Å². The SMILES string of the molecule is Cc1cc(Nc2cnc3c(c2)nc(-c2ccc(Nc4cc(C)nc5ccc(N6CCC6)cc45)cc2)n3COP(=O)(O)O)ccn1. The summed E-state index contributed by atoms with van der Waals surface area (Å²) >= 11 is 0. The maximum absolute atomic E-state index is 11.6. The smallest absolute Gasteiger partial charge is 0.371 e. The van der Waals surface area contributed by atoms with Gasteiger partial charge in [0.25, 0.3) is 0 Å². The maximum Gasteiger partial charge on any atom is 0.471 e. The van der Waals surface area contributed by atoms with Crippen molar-refractivity contribution < 1.29 is 18.9 Å². The number of nitrogens with one attached hydrogen (secondary N) is 2. The lowest BCUT2D eigenvalue weighted by Gasteiger charge is -2.33. The molecular formula is C32H31N8O4P. The average molecular weight is 623 g/mol. The number of imidazole rings is 1. The number of aryl methyl sites for hydroxylation is 2. The van der Waals surface area contributed by atoms with Crippen LogP contribution in [0.15, 0.2) is 79.1 Å². The van der Waals surface area contributed by atoms with Crippen LogP contribution >= 0.6 is 7.82 Å². The lowest BCUT2D eigenvalue weighted by Crippen LogP contribution is -2.36. The van der Waals surface area contributed by atoms with Crippen LogP contribution in [-0.2, 0) is 15.8 Å². The number of phosphoric ester groups is 1. The molecule has 45 heavy (non-hydrogen) atoms. The van der Waals surface area contributed by atoms with Gasteiger partial charge >= 0.3 is 7.82 Å². The predicted molar refractivity (Wildman–Crippen MR) is 175 cm³/mol. The molecular weight excluding hydrogens is 591 g/mol. The number of fused-ring (bicyclic) bond motifs is 2. The predicted octanol–water partition coefficient (Wildman–Crippen LogP) is 6.42. The average Bonchev–Trinajstić information content (AvgIpc) is 3.33. The Bertz CT molecular complexity index is 2090. The molecule has 5 heterocycles. The summed E-state index contributed by atoms with van der Waals surface area (Å²) in [6, 6.07) is 21.7. The highest BCUT2D eigenvalue weighted by Gasteiger charge is 2.20. The van der Waals surface area contributed by atoms with E-state index >= 15 is 0 Å². The molecule has 12 nitrogen and oxygen atoms in total. The molecule has 4 aromatic heterocycles. The Kier molecular flexibility index (Phi) is 7.42. The van der Waals surface area contributed by atoms with Gasteiger partial charge in [0, 0.05) is 64.4 Å². The molecule has 0 atom stereocenters. The molecule has 1 fully saturated rings. The van der Waals surface area contributed by atoms with E-state index in [1.54, 1.807) is 17.0 Å². The number of aromatic nitrogens is 5. The van der Waals surface area contributed by atoms with Crippen molar-refractivity contribution >= 4 is 58.3 Å². The van der Waals surface area contributed by atoms with Crippen molar-refractivity contribution in [3.63, 3.8) is 0 Å². The largest absolute Gasteiger partial charge is 0.471 e. The fourth-order valence-electron chi connectivity index (χ4n) is 5.42. The van der Waals surface area contributed by atoms with E-state index in [1.807, 2.05) is 62.4 Å². The molecule has 1 aliphatic rings. The van der Waals surface area contributed by atoms with E-state index in [2.05, 4.69) is 43.7 Å². The summed E-state index contributed by atoms with van der Waals surface area (Å²) in [5.74, 6) is 0.457. The first-order valence-corrected chi connectivity index (χ1v) is 16.0. The Labute approximate surface area is 259 Å². The van der Waals surface area contributed by atoms with Crippen molar-refractivity contribution in [3.05, 3.63) is 90.5 Å². The molecule has 0 unspecified atom stereocenters. The molecule has 0 aliphatic carbocycles. The van der Waals surface area contributed by atoms with Crippen molar-refractivity contribution in [2.45, 2.75) is 27.0 Å². The highest BCUT2D eigenvalue weighted by molar-refractivity contribution is 7.46. The summed E-state index contributed by atoms with van der Waals surface area (Å²) in [5, 5.41) is 7.90. The highest BCUT2D eigenvalue weighted by Crippen LogP contribution is 2.38. The summed E-state index contributed by atoms with van der Waals surface area (Å²) in [7, 11) is -4.75. The third kappa shape index (κ3) is 6.22. The van der Waals surface area contributed by atoms with Gasteiger partial charge in [-0.1, -0.05) is 0 Å². The van der Waals surface area contributed by atoms with Gasteiger partial charge in [-0.2, -0.15) is 0 Å². The molecule has 6 aromatic rings. The number of hydrogen-bond acceptors (Lipinski definition) is 9. The molecule has 13 heteroatoms. The Morgan fingerprint density at radius 1 is 0.844 bits per heavy atom. The van der Waals surface area contributed by atoms with Gasteiger partial charge in [0.15, 0.2) is 5.65 Å². The second-order valence-corrected chi connectivity index (χ2v) is 12.3. The van der Waals surface area contributed by atoms with Gasteiger partial charge in [-0.05, 0) is 87.0 Å². The van der Waals surface area contributed by atoms with Crippen LogP contribution in [0.4, 0.5) is 28.4 Å². The van der Waals surface area contributed by atoms with E-state index in [0.29, 0.717) is 22.7 Å². The zero-order chi connectivity index (χ0) is 31.1. The molecule has 0 saturated carbocycles. The number of pyridine rings is 3. The van der Waals surface area contributed by atoms with Gasteiger partial charge in [0.1, 0.15) is 18.1 Å². The quantitative estimate of drug-likeness (QED) is 0.132. The second-order valence-electron chi connectivity index (χ2n) is 11.0. The van der Waals surface area contributed by atoms with E-state index in [9.17, 15) is 14.4 Å². The van der Waals surface area contributed by atoms with Gasteiger partial charge in [0.05, 0.1) is 17.4 Å². The number of nitrogens with zero attached hydrogens (tertiary/aromatic N) is 6. The van der Waals surface area contributed by atoms with Gasteiger partial charge in [-0.3, -0.25) is 19.1 Å². The zero-order valence-electron chi connectivity index (χ0n) is 24.7. The van der Waals surface area contributed by atoms with E-state index in [4.69, 9.17) is 14.5 Å². The van der Waals surface area contributed by atoms with Crippen LogP contribution in [0.2, 0.25) is 0 Å². The number of benzene rings is 2. The minimum absolute atomic E-state index is 0.425. The molecule has 228 valence electrons. The molecule has 4 N–H and O–H groups in total. The Balaban J connectivity index is 1.21. The fraction of sp³-hybridized carbons (Fsp3) is 0.188. The third-order valence-corrected chi connectivity index (χ3v) is 8.14. The maximum atomic E-state index is 11.6. The molecule has 0 amide bonds. The van der Waals surface area contributed by atoms with Crippen LogP contribution in [-0.4, -0.2) is 47.4 Å². The lowest BCUT2D eigenvalue weighted by molar-refractivity contribution is 0.156. The first-order chi connectivity index (χ1) is 21.7. The normalized spacial score (nSPS) is 13.3. The number of rotatable bonds is 9. The second kappa shape index (κ2) is 11.6. The van der Waals surface area contributed by atoms with E-state index < -0.39 is 14.6 Å². The monoisotopic (exact) mass is 622 g/mol. The van der Waals surface area contributed by atoms with Gasteiger partial charge in [0.2, 0.25) is 0 Å². The summed E-state index contributed by atoms with van der Waals surface area (Å²) < 4.78 is 18.0. The minimum Gasteiger partial charge on any atom is -0.371 e. The molecule has 0 spiro atoms. The summed E-state index contributed by atoms with van der Waals surface area (Å²) in [4.78, 5) is 39.5. The molecule has 7 rings (SSSR count). The topological polar surface area (TPSA) is 151 Å². The zero-order valence-corrected chi connectivity index (χ0v) is 25.6. The van der Waals surface area contributed by atoms with Crippen molar-refractivity contribution in [3.8, 4) is 11.4 Å². The van der Waals surface area contributed by atoms with Gasteiger partial charge in [-0.15, -0.1) is 0 Å². The van der Waals surface area contributed by atoms with Crippen LogP contribution in [0.5, 0.6) is 0 Å². The summed E-state index contributed by atoms with van der Waals surface area (Å²) in [6.45, 7) is 5.59. The van der Waals surface area contributed by atoms with E-state index in [-0.39, 0.29) is 0 Å². The Morgan fingerprint density at radius 3 is 2.40 bits per heavy atom. The van der Waals surface area contributed by atoms with Gasteiger partial charge in [-0.25, -0.2) is 14.5 Å². The summed E-state index contributed by atoms with van der Waals surface area (Å²) in [6.07, 6.45) is 4.57. The van der Waals surface area contributed by atoms with Gasteiger partial charge < -0.3 is 25.3 Å². The minimum atomic E-state index is -4.75. The highest BCUT2D eigenvalue weighted by atomic mass is 31.2. The van der Waals surface area contributed by atoms with Crippen LogP contribution in [0.3, 0.4) is 0 Å². The van der Waals surface area contributed by atoms with E-state index in [1.165, 1.54) is 12.1 Å². The van der Waals surface area contributed by atoms with Crippen molar-refractivity contribution in [2.75, 3.05) is 28.6 Å². The third-order valence-electron chi connectivity index (χ3n) is 7.69. The number of anilines is 5. The van der Waals surface area contributed by atoms with Crippen molar-refractivity contribution in [1.29, 1.82) is 0 Å². The lowest BCUT2D eigenvalue weighted by atomic mass is 10.1. The fourth-order valence-corrected chi connectivity index (χ4v) is 5.69. The molecule has 2 aromatic carbocycles. The number of phosphoric acid groups is 1. The standard InChI is InChI=1S/C32H31N8O4P/c1-20-14-24(10-11-33-20)36-25-16-30-32(34-18-25)40(19-44-45(41,42)43)31(38-30)22-4-6-23(7-5-22)37-29-15-21(2)35-28-9-8-26(17-27(28)29)39-12-3-13-39/h4-11,14-18H,3,12-13,19H2,1-2H3,(H,33,36)(H,35,37)(H2,41,42,43). The van der Waals surface area contributed by atoms with Crippen molar-refractivity contribution in [1.82, 2.24) is 24.5 Å². The number of hydrogen-bond donors (Lipinski definition) is 4. The molecule has 0 bridgehead atoms. The van der Waals surface area contributed by atoms with E-state index in [0.717, 1.165) is 58.0 Å². The first kappa shape index (κ1) is 28.9. The summed E-state index contributed by atoms with van der Waals surface area (Å²) in [5.41, 5.74) is 8.98. The Hall–Kier alpha value is -4.87. The molecule has 0 radical (unpaired) electrons. The van der Waals surface area contributed by atoms with Crippen LogP contribution in [0.1, 0.15) is 17.8 Å². The molecule has 1 aliphatic heterocycles. The molecule has 1 saturated heterocycles. The first-order valence-electron chi connectivity index (χ1n) is 14.5. The van der Waals surface area contributed by atoms with Crippen LogP contribution in [0, 0.1) is 13.8 Å². The van der Waals surface area contributed by atoms with Crippen LogP contribution in [0.25, 0.3) is 33.5 Å². The van der Waals surface area contributed by atoms with Crippen LogP contribution < -0.4 is 15.5 Å². The Morgan fingerprint density at radius 2 is 1.67 bits per heavy atom.